The summed E-state index contributed by atoms with van der Waals surface area (Å²) >= 11 is 0. The number of benzene rings is 1. The number of hydrogen-bond acceptors (Lipinski definition) is 2. The fourth-order valence-electron chi connectivity index (χ4n) is 1.96. The lowest BCUT2D eigenvalue weighted by Gasteiger charge is -2.21. The van der Waals surface area contributed by atoms with Gasteiger partial charge in [0.2, 0.25) is 0 Å². The van der Waals surface area contributed by atoms with Crippen LogP contribution in [0.4, 0.5) is 5.69 Å². The van der Waals surface area contributed by atoms with Gasteiger partial charge in [0, 0.05) is 31.4 Å². The fraction of sp³-hybridized carbons (Fsp3) is 0.571. The summed E-state index contributed by atoms with van der Waals surface area (Å²) in [4.78, 5) is 2.37. The molecule has 0 atom stereocenters. The van der Waals surface area contributed by atoms with Crippen molar-refractivity contribution in [3.05, 3.63) is 29.8 Å². The molecule has 0 aromatic heterocycles. The third-order valence-corrected chi connectivity index (χ3v) is 3.24. The molecule has 0 unspecified atom stereocenters. The van der Waals surface area contributed by atoms with Crippen molar-refractivity contribution in [2.75, 3.05) is 18.0 Å². The van der Waals surface area contributed by atoms with Gasteiger partial charge in [0.05, 0.1) is 0 Å². The van der Waals surface area contributed by atoms with Gasteiger partial charge in [-0.15, -0.1) is 12.4 Å². The molecule has 1 fully saturated rings. The Balaban J connectivity index is 0.00000144. The van der Waals surface area contributed by atoms with Crippen molar-refractivity contribution < 1.29 is 0 Å². The molecule has 0 bridgehead atoms. The van der Waals surface area contributed by atoms with Crippen LogP contribution in [0.1, 0.15) is 32.3 Å². The monoisotopic (exact) mass is 254 g/mol. The summed E-state index contributed by atoms with van der Waals surface area (Å²) in [5.74, 6) is 0. The molecule has 1 aromatic carbocycles. The van der Waals surface area contributed by atoms with Gasteiger partial charge in [0.1, 0.15) is 0 Å². The average Bonchev–Trinajstić information content (AvgIpc) is 3.13. The van der Waals surface area contributed by atoms with Gasteiger partial charge in [-0.05, 0) is 44.4 Å². The molecule has 17 heavy (non-hydrogen) atoms. The van der Waals surface area contributed by atoms with Crippen LogP contribution in [-0.4, -0.2) is 19.1 Å². The largest absolute Gasteiger partial charge is 0.372 e. The molecule has 0 amide bonds. The third kappa shape index (κ3) is 4.21. The van der Waals surface area contributed by atoms with E-state index in [4.69, 9.17) is 0 Å². The Hall–Kier alpha value is -0.730. The molecule has 1 saturated carbocycles. The first kappa shape index (κ1) is 14.3. The predicted octanol–water partition coefficient (Wildman–Crippen LogP) is 3.21. The van der Waals surface area contributed by atoms with E-state index >= 15 is 0 Å². The minimum atomic E-state index is 0. The zero-order valence-electron chi connectivity index (χ0n) is 10.8. The summed E-state index contributed by atoms with van der Waals surface area (Å²) in [6.07, 6.45) is 2.72. The van der Waals surface area contributed by atoms with Crippen molar-refractivity contribution >= 4 is 18.1 Å². The van der Waals surface area contributed by atoms with E-state index in [0.717, 1.165) is 25.7 Å². The van der Waals surface area contributed by atoms with E-state index in [2.05, 4.69) is 48.3 Å². The lowest BCUT2D eigenvalue weighted by atomic mass is 10.2. The van der Waals surface area contributed by atoms with E-state index < -0.39 is 0 Å². The van der Waals surface area contributed by atoms with Gasteiger partial charge >= 0.3 is 0 Å². The Morgan fingerprint density at radius 2 is 1.71 bits per heavy atom. The second-order valence-electron chi connectivity index (χ2n) is 4.49. The van der Waals surface area contributed by atoms with Gasteiger partial charge in [-0.25, -0.2) is 0 Å². The van der Waals surface area contributed by atoms with Gasteiger partial charge in [-0.2, -0.15) is 0 Å². The van der Waals surface area contributed by atoms with Crippen LogP contribution in [0.25, 0.3) is 0 Å². The molecule has 0 aliphatic heterocycles. The van der Waals surface area contributed by atoms with Crippen molar-refractivity contribution in [2.24, 2.45) is 0 Å². The molecule has 0 heterocycles. The lowest BCUT2D eigenvalue weighted by molar-refractivity contribution is 0.687. The van der Waals surface area contributed by atoms with Gasteiger partial charge in [-0.1, -0.05) is 12.1 Å². The molecular formula is C14H23ClN2. The van der Waals surface area contributed by atoms with E-state index in [0.29, 0.717) is 0 Å². The van der Waals surface area contributed by atoms with Crippen LogP contribution < -0.4 is 10.2 Å². The van der Waals surface area contributed by atoms with Crippen LogP contribution >= 0.6 is 12.4 Å². The molecule has 1 aromatic rings. The highest BCUT2D eigenvalue weighted by Gasteiger charge is 2.19. The van der Waals surface area contributed by atoms with Crippen molar-refractivity contribution in [3.63, 3.8) is 0 Å². The first-order valence-electron chi connectivity index (χ1n) is 6.40. The van der Waals surface area contributed by atoms with E-state index in [1.165, 1.54) is 24.1 Å². The van der Waals surface area contributed by atoms with Crippen LogP contribution in [0.15, 0.2) is 24.3 Å². The third-order valence-electron chi connectivity index (χ3n) is 3.24. The number of rotatable bonds is 6. The number of nitrogens with one attached hydrogen (secondary N) is 1. The Morgan fingerprint density at radius 1 is 1.12 bits per heavy atom. The first-order valence-corrected chi connectivity index (χ1v) is 6.40. The number of nitrogens with zero attached hydrogens (tertiary/aromatic N) is 1. The Labute approximate surface area is 111 Å². The molecule has 1 aliphatic rings. The topological polar surface area (TPSA) is 15.3 Å². The standard InChI is InChI=1S/C14H22N2.ClH/c1-3-16(4-2)14-9-5-12(6-10-14)11-15-13-7-8-13;/h5-6,9-10,13,15H,3-4,7-8,11H2,1-2H3;1H. The maximum absolute atomic E-state index is 3.54. The van der Waals surface area contributed by atoms with Crippen molar-refractivity contribution in [2.45, 2.75) is 39.3 Å². The summed E-state index contributed by atoms with van der Waals surface area (Å²) in [7, 11) is 0. The molecule has 96 valence electrons. The highest BCUT2D eigenvalue weighted by atomic mass is 35.5. The summed E-state index contributed by atoms with van der Waals surface area (Å²) in [5, 5.41) is 3.54. The number of anilines is 1. The minimum Gasteiger partial charge on any atom is -0.372 e. The first-order chi connectivity index (χ1) is 7.83. The SMILES string of the molecule is CCN(CC)c1ccc(CNC2CC2)cc1.Cl. The smallest absolute Gasteiger partial charge is 0.0366 e. The number of hydrogen-bond donors (Lipinski definition) is 1. The molecule has 2 rings (SSSR count). The van der Waals surface area contributed by atoms with E-state index in [-0.39, 0.29) is 12.4 Å². The van der Waals surface area contributed by atoms with Crippen LogP contribution in [0.3, 0.4) is 0 Å². The van der Waals surface area contributed by atoms with Gasteiger partial charge in [0.15, 0.2) is 0 Å². The second-order valence-corrected chi connectivity index (χ2v) is 4.49. The van der Waals surface area contributed by atoms with Gasteiger partial charge in [0.25, 0.3) is 0 Å². The molecule has 0 saturated heterocycles. The van der Waals surface area contributed by atoms with Crippen molar-refractivity contribution in [1.29, 1.82) is 0 Å². The van der Waals surface area contributed by atoms with E-state index in [1.54, 1.807) is 0 Å². The van der Waals surface area contributed by atoms with Crippen LogP contribution in [0.5, 0.6) is 0 Å². The Morgan fingerprint density at radius 3 is 2.18 bits per heavy atom. The van der Waals surface area contributed by atoms with E-state index in [1.807, 2.05) is 0 Å². The molecule has 1 N–H and O–H groups in total. The van der Waals surface area contributed by atoms with Crippen LogP contribution in [0.2, 0.25) is 0 Å². The normalized spacial score (nSPS) is 14.2. The highest BCUT2D eigenvalue weighted by Crippen LogP contribution is 2.20. The molecule has 3 heteroatoms. The quantitative estimate of drug-likeness (QED) is 0.839. The summed E-state index contributed by atoms with van der Waals surface area (Å²) < 4.78 is 0. The summed E-state index contributed by atoms with van der Waals surface area (Å²) in [6.45, 7) is 7.58. The van der Waals surface area contributed by atoms with Gasteiger partial charge < -0.3 is 10.2 Å². The highest BCUT2D eigenvalue weighted by molar-refractivity contribution is 5.85. The molecule has 0 radical (unpaired) electrons. The molecule has 1 aliphatic carbocycles. The van der Waals surface area contributed by atoms with Crippen molar-refractivity contribution in [3.8, 4) is 0 Å². The fourth-order valence-corrected chi connectivity index (χ4v) is 1.96. The zero-order valence-corrected chi connectivity index (χ0v) is 11.6. The molecular weight excluding hydrogens is 232 g/mol. The Bertz CT molecular complexity index is 315. The average molecular weight is 255 g/mol. The lowest BCUT2D eigenvalue weighted by Crippen LogP contribution is -2.21. The number of halogens is 1. The molecule has 0 spiro atoms. The maximum Gasteiger partial charge on any atom is 0.0366 e. The predicted molar refractivity (Wildman–Crippen MR) is 77.1 cm³/mol. The molecule has 2 nitrogen and oxygen atoms in total. The summed E-state index contributed by atoms with van der Waals surface area (Å²) in [6, 6.07) is 9.74. The Kier molecular flexibility index (Phi) is 5.79. The van der Waals surface area contributed by atoms with E-state index in [9.17, 15) is 0 Å². The van der Waals surface area contributed by atoms with Crippen LogP contribution in [-0.2, 0) is 6.54 Å². The second kappa shape index (κ2) is 6.87. The van der Waals surface area contributed by atoms with Crippen LogP contribution in [0, 0.1) is 0 Å². The summed E-state index contributed by atoms with van der Waals surface area (Å²) in [5.41, 5.74) is 2.72. The zero-order chi connectivity index (χ0) is 11.4. The van der Waals surface area contributed by atoms with Crippen molar-refractivity contribution in [1.82, 2.24) is 5.32 Å². The maximum atomic E-state index is 3.54. The van der Waals surface area contributed by atoms with Gasteiger partial charge in [-0.3, -0.25) is 0 Å². The minimum absolute atomic E-state index is 0.